The van der Waals surface area contributed by atoms with E-state index >= 15 is 0 Å². The molecule has 1 aliphatic heterocycles. The Labute approximate surface area is 164 Å². The van der Waals surface area contributed by atoms with Gasteiger partial charge in [-0.15, -0.1) is 12.4 Å². The molecule has 1 saturated carbocycles. The molecule has 1 unspecified atom stereocenters. The summed E-state index contributed by atoms with van der Waals surface area (Å²) in [5, 5.41) is 6.38. The summed E-state index contributed by atoms with van der Waals surface area (Å²) in [5.74, 6) is 0.610. The maximum atomic E-state index is 13.2. The van der Waals surface area contributed by atoms with Crippen LogP contribution in [-0.2, 0) is 11.4 Å². The normalized spacial score (nSPS) is 19.8. The third kappa shape index (κ3) is 4.60. The van der Waals surface area contributed by atoms with Crippen LogP contribution in [0.2, 0.25) is 0 Å². The molecule has 144 valence electrons. The summed E-state index contributed by atoms with van der Waals surface area (Å²) in [7, 11) is 0. The van der Waals surface area contributed by atoms with E-state index in [2.05, 4.69) is 10.6 Å². The van der Waals surface area contributed by atoms with Crippen molar-refractivity contribution in [3.8, 4) is 5.75 Å². The number of benzene rings is 2. The maximum absolute atomic E-state index is 13.2. The van der Waals surface area contributed by atoms with Gasteiger partial charge in [-0.3, -0.25) is 4.79 Å². The van der Waals surface area contributed by atoms with Gasteiger partial charge in [0.1, 0.15) is 18.2 Å². The zero-order valence-electron chi connectivity index (χ0n) is 15.0. The molecule has 1 heterocycles. The van der Waals surface area contributed by atoms with E-state index in [0.717, 1.165) is 43.6 Å². The van der Waals surface area contributed by atoms with Gasteiger partial charge in [-0.05, 0) is 67.6 Å². The van der Waals surface area contributed by atoms with Crippen molar-refractivity contribution in [1.82, 2.24) is 5.32 Å². The van der Waals surface area contributed by atoms with Crippen molar-refractivity contribution in [2.24, 2.45) is 11.3 Å². The first-order valence-corrected chi connectivity index (χ1v) is 9.14. The van der Waals surface area contributed by atoms with E-state index in [1.54, 1.807) is 6.07 Å². The number of carbonyl (C=O) groups is 1. The Bertz CT molecular complexity index is 808. The molecule has 0 aromatic heterocycles. The number of ether oxygens (including phenoxy) is 1. The van der Waals surface area contributed by atoms with Gasteiger partial charge in [0.15, 0.2) is 0 Å². The molecule has 4 rings (SSSR count). The minimum atomic E-state index is -0.275. The number of halogens is 2. The van der Waals surface area contributed by atoms with Crippen LogP contribution in [0.1, 0.15) is 24.8 Å². The molecule has 2 N–H and O–H groups in total. The lowest BCUT2D eigenvalue weighted by Gasteiger charge is -2.23. The van der Waals surface area contributed by atoms with Crippen LogP contribution in [-0.4, -0.2) is 19.0 Å². The summed E-state index contributed by atoms with van der Waals surface area (Å²) in [6.45, 7) is 2.30. The Hall–Kier alpha value is -2.11. The minimum absolute atomic E-state index is 0. The average Bonchev–Trinajstić information content (AvgIpc) is 3.34. The zero-order chi connectivity index (χ0) is 18.0. The molecule has 1 spiro atoms. The van der Waals surface area contributed by atoms with E-state index in [1.807, 2.05) is 30.3 Å². The van der Waals surface area contributed by atoms with Gasteiger partial charge < -0.3 is 15.4 Å². The number of hydrogen-bond donors (Lipinski definition) is 2. The molecular formula is C21H24ClFN2O2. The molecule has 2 fully saturated rings. The Morgan fingerprint density at radius 3 is 2.74 bits per heavy atom. The largest absolute Gasteiger partial charge is 0.489 e. The van der Waals surface area contributed by atoms with E-state index in [4.69, 9.17) is 4.74 Å². The van der Waals surface area contributed by atoms with Crippen molar-refractivity contribution in [3.63, 3.8) is 0 Å². The first-order chi connectivity index (χ1) is 12.6. The van der Waals surface area contributed by atoms with Gasteiger partial charge in [0.2, 0.25) is 5.91 Å². The third-order valence-electron chi connectivity index (χ3n) is 5.50. The fraction of sp³-hybridized carbons (Fsp3) is 0.381. The lowest BCUT2D eigenvalue weighted by molar-refractivity contribution is -0.118. The van der Waals surface area contributed by atoms with Crippen molar-refractivity contribution < 1.29 is 13.9 Å². The zero-order valence-corrected chi connectivity index (χ0v) is 15.9. The van der Waals surface area contributed by atoms with E-state index in [-0.39, 0.29) is 42.1 Å². The van der Waals surface area contributed by atoms with Gasteiger partial charge in [-0.25, -0.2) is 4.39 Å². The fourth-order valence-corrected chi connectivity index (χ4v) is 3.88. The van der Waals surface area contributed by atoms with Gasteiger partial charge in [0, 0.05) is 17.7 Å². The van der Waals surface area contributed by atoms with Crippen LogP contribution in [0.3, 0.4) is 0 Å². The average molecular weight is 391 g/mol. The third-order valence-corrected chi connectivity index (χ3v) is 5.50. The smallest absolute Gasteiger partial charge is 0.228 e. The van der Waals surface area contributed by atoms with Crippen molar-refractivity contribution in [2.45, 2.75) is 25.9 Å². The molecule has 1 saturated heterocycles. The number of hydrogen-bond acceptors (Lipinski definition) is 3. The van der Waals surface area contributed by atoms with Gasteiger partial charge in [0.05, 0.1) is 0 Å². The van der Waals surface area contributed by atoms with E-state index < -0.39 is 0 Å². The summed E-state index contributed by atoms with van der Waals surface area (Å²) >= 11 is 0. The SMILES string of the molecule is Cl.O=C(Nc1cccc(OCc2cccc(F)c2)c1)C1CC12CCNCC2. The molecule has 2 aromatic rings. The van der Waals surface area contributed by atoms with Crippen molar-refractivity contribution in [2.75, 3.05) is 18.4 Å². The van der Waals surface area contributed by atoms with Gasteiger partial charge in [0.25, 0.3) is 0 Å². The molecule has 0 bridgehead atoms. The monoisotopic (exact) mass is 390 g/mol. The topological polar surface area (TPSA) is 50.4 Å². The van der Waals surface area contributed by atoms with Crippen molar-refractivity contribution in [1.29, 1.82) is 0 Å². The van der Waals surface area contributed by atoms with Crippen molar-refractivity contribution in [3.05, 3.63) is 59.9 Å². The number of amides is 1. The van der Waals surface area contributed by atoms with Gasteiger partial charge in [-0.2, -0.15) is 0 Å². The molecule has 6 heteroatoms. The highest BCUT2D eigenvalue weighted by Gasteiger charge is 2.57. The molecular weight excluding hydrogens is 367 g/mol. The van der Waals surface area contributed by atoms with Crippen LogP contribution in [0.25, 0.3) is 0 Å². The molecule has 1 amide bonds. The van der Waals surface area contributed by atoms with Crippen molar-refractivity contribution >= 4 is 24.0 Å². The minimum Gasteiger partial charge on any atom is -0.489 e. The predicted molar refractivity (Wildman–Crippen MR) is 106 cm³/mol. The Kier molecular flexibility index (Phi) is 6.02. The number of anilines is 1. The standard InChI is InChI=1S/C21H23FN2O2.ClH/c22-16-4-1-3-15(11-16)14-26-18-6-2-5-17(12-18)24-20(25)19-13-21(19)7-9-23-10-8-21;/h1-6,11-12,19,23H,7-10,13-14H2,(H,24,25);1H. The number of rotatable bonds is 5. The highest BCUT2D eigenvalue weighted by molar-refractivity contribution is 5.95. The summed E-state index contributed by atoms with van der Waals surface area (Å²) in [4.78, 5) is 12.6. The van der Waals surface area contributed by atoms with E-state index in [0.29, 0.717) is 5.75 Å². The van der Waals surface area contributed by atoms with E-state index in [1.165, 1.54) is 12.1 Å². The van der Waals surface area contributed by atoms with Crippen LogP contribution in [0.4, 0.5) is 10.1 Å². The molecule has 0 radical (unpaired) electrons. The lowest BCUT2D eigenvalue weighted by atomic mass is 9.92. The van der Waals surface area contributed by atoms with E-state index in [9.17, 15) is 9.18 Å². The Morgan fingerprint density at radius 1 is 1.19 bits per heavy atom. The van der Waals surface area contributed by atoms with Crippen LogP contribution >= 0.6 is 12.4 Å². The second-order valence-corrected chi connectivity index (χ2v) is 7.30. The van der Waals surface area contributed by atoms with Crippen LogP contribution in [0.5, 0.6) is 5.75 Å². The molecule has 27 heavy (non-hydrogen) atoms. The molecule has 4 nitrogen and oxygen atoms in total. The quantitative estimate of drug-likeness (QED) is 0.806. The summed E-state index contributed by atoms with van der Waals surface area (Å²) in [5.41, 5.74) is 1.73. The van der Waals surface area contributed by atoms with Gasteiger partial charge >= 0.3 is 0 Å². The first kappa shape index (κ1) is 19.6. The van der Waals surface area contributed by atoms with Crippen LogP contribution in [0, 0.1) is 17.2 Å². The number of nitrogens with one attached hydrogen (secondary N) is 2. The molecule has 1 aliphatic carbocycles. The summed E-state index contributed by atoms with van der Waals surface area (Å²) < 4.78 is 19.0. The van der Waals surface area contributed by atoms with Crippen LogP contribution in [0.15, 0.2) is 48.5 Å². The number of piperidine rings is 1. The lowest BCUT2D eigenvalue weighted by Crippen LogP contribution is -2.31. The van der Waals surface area contributed by atoms with Crippen LogP contribution < -0.4 is 15.4 Å². The Balaban J connectivity index is 0.00000210. The fourth-order valence-electron chi connectivity index (χ4n) is 3.88. The highest BCUT2D eigenvalue weighted by atomic mass is 35.5. The van der Waals surface area contributed by atoms with Gasteiger partial charge in [-0.1, -0.05) is 18.2 Å². The number of carbonyl (C=O) groups excluding carboxylic acids is 1. The highest BCUT2D eigenvalue weighted by Crippen LogP contribution is 2.58. The first-order valence-electron chi connectivity index (χ1n) is 9.14. The summed E-state index contributed by atoms with van der Waals surface area (Å²) in [6, 6.07) is 13.7. The second-order valence-electron chi connectivity index (χ2n) is 7.30. The molecule has 2 aliphatic rings. The summed E-state index contributed by atoms with van der Waals surface area (Å²) in [6.07, 6.45) is 3.17. The Morgan fingerprint density at radius 2 is 1.96 bits per heavy atom. The maximum Gasteiger partial charge on any atom is 0.228 e. The predicted octanol–water partition coefficient (Wildman–Crippen LogP) is 4.15. The molecule has 1 atom stereocenters. The second kappa shape index (κ2) is 8.28. The molecule has 2 aromatic carbocycles.